The minimum Gasteiger partial charge on any atom is -0.339 e. The van der Waals surface area contributed by atoms with Crippen molar-refractivity contribution in [1.82, 2.24) is 14.4 Å². The van der Waals surface area contributed by atoms with E-state index in [9.17, 15) is 8.42 Å². The van der Waals surface area contributed by atoms with Crippen molar-refractivity contribution in [3.63, 3.8) is 0 Å². The Morgan fingerprint density at radius 3 is 2.37 bits per heavy atom. The first-order chi connectivity index (χ1) is 13.0. The number of hydrogen-bond donors (Lipinski definition) is 1. The van der Waals surface area contributed by atoms with Crippen molar-refractivity contribution in [2.24, 2.45) is 5.73 Å². The summed E-state index contributed by atoms with van der Waals surface area (Å²) in [5, 5.41) is 4.07. The molecule has 1 aliphatic carbocycles. The van der Waals surface area contributed by atoms with Crippen molar-refractivity contribution in [3.05, 3.63) is 41.5 Å². The lowest BCUT2D eigenvalue weighted by Gasteiger charge is -2.25. The van der Waals surface area contributed by atoms with Gasteiger partial charge < -0.3 is 10.3 Å². The Hall–Kier alpha value is -1.77. The maximum absolute atomic E-state index is 12.7. The van der Waals surface area contributed by atoms with Gasteiger partial charge in [-0.15, -0.1) is 0 Å². The van der Waals surface area contributed by atoms with E-state index in [0.717, 1.165) is 50.5 Å². The molecule has 2 N–H and O–H groups in total. The molecular formula is C19H26N4O3S. The molecule has 4 rings (SSSR count). The van der Waals surface area contributed by atoms with Gasteiger partial charge in [0.15, 0.2) is 5.82 Å². The SMILES string of the molecule is NC1(c2noc(Cc3ccc(S(=O)(=O)N4CCCCC4)cc3)n2)CCCC1. The number of hydrogen-bond acceptors (Lipinski definition) is 6. The third-order valence-electron chi connectivity index (χ3n) is 5.64. The van der Waals surface area contributed by atoms with Crippen LogP contribution in [-0.4, -0.2) is 36.0 Å². The van der Waals surface area contributed by atoms with Crippen LogP contribution in [0, 0.1) is 0 Å². The third-order valence-corrected chi connectivity index (χ3v) is 7.55. The molecule has 1 saturated heterocycles. The molecule has 1 aromatic heterocycles. The average molecular weight is 391 g/mol. The highest BCUT2D eigenvalue weighted by Crippen LogP contribution is 2.34. The van der Waals surface area contributed by atoms with E-state index in [1.165, 1.54) is 0 Å². The molecule has 2 aliphatic rings. The normalized spacial score (nSPS) is 20.8. The summed E-state index contributed by atoms with van der Waals surface area (Å²) in [7, 11) is -3.40. The lowest BCUT2D eigenvalue weighted by Crippen LogP contribution is -2.35. The summed E-state index contributed by atoms with van der Waals surface area (Å²) in [6.45, 7) is 1.21. The van der Waals surface area contributed by atoms with Crippen molar-refractivity contribution in [3.8, 4) is 0 Å². The monoisotopic (exact) mass is 390 g/mol. The number of piperidine rings is 1. The minimum atomic E-state index is -3.40. The molecule has 0 atom stereocenters. The first kappa shape index (κ1) is 18.6. The zero-order chi connectivity index (χ0) is 18.9. The van der Waals surface area contributed by atoms with Crippen LogP contribution in [0.1, 0.15) is 62.2 Å². The van der Waals surface area contributed by atoms with Gasteiger partial charge in [-0.2, -0.15) is 9.29 Å². The van der Waals surface area contributed by atoms with Gasteiger partial charge in [0.25, 0.3) is 0 Å². The fraction of sp³-hybridized carbons (Fsp3) is 0.579. The lowest BCUT2D eigenvalue weighted by molar-refractivity contribution is 0.346. The minimum absolute atomic E-state index is 0.339. The second-order valence-corrected chi connectivity index (χ2v) is 9.60. The highest BCUT2D eigenvalue weighted by molar-refractivity contribution is 7.89. The van der Waals surface area contributed by atoms with E-state index < -0.39 is 15.6 Å². The fourth-order valence-corrected chi connectivity index (χ4v) is 5.48. The molecule has 2 heterocycles. The van der Waals surface area contributed by atoms with Gasteiger partial charge in [-0.25, -0.2) is 8.42 Å². The summed E-state index contributed by atoms with van der Waals surface area (Å²) in [4.78, 5) is 4.81. The Morgan fingerprint density at radius 2 is 1.70 bits per heavy atom. The van der Waals surface area contributed by atoms with Crippen LogP contribution in [0.2, 0.25) is 0 Å². The molecule has 8 heteroatoms. The topological polar surface area (TPSA) is 102 Å². The Bertz CT molecular complexity index is 880. The molecule has 2 aromatic rings. The second kappa shape index (κ2) is 7.33. The summed E-state index contributed by atoms with van der Waals surface area (Å²) >= 11 is 0. The maximum Gasteiger partial charge on any atom is 0.243 e. The number of rotatable bonds is 5. The van der Waals surface area contributed by atoms with Crippen LogP contribution in [0.5, 0.6) is 0 Å². The van der Waals surface area contributed by atoms with E-state index in [2.05, 4.69) is 10.1 Å². The van der Waals surface area contributed by atoms with E-state index in [-0.39, 0.29) is 0 Å². The van der Waals surface area contributed by atoms with Crippen LogP contribution < -0.4 is 5.73 Å². The predicted octanol–water partition coefficient (Wildman–Crippen LogP) is 2.56. The van der Waals surface area contributed by atoms with E-state index in [4.69, 9.17) is 10.3 Å². The smallest absolute Gasteiger partial charge is 0.243 e. The summed E-state index contributed by atoms with van der Waals surface area (Å²) in [5.41, 5.74) is 6.84. The lowest BCUT2D eigenvalue weighted by atomic mass is 9.99. The Kier molecular flexibility index (Phi) is 5.05. The zero-order valence-electron chi connectivity index (χ0n) is 15.4. The highest BCUT2D eigenvalue weighted by atomic mass is 32.2. The van der Waals surface area contributed by atoms with Crippen LogP contribution in [0.3, 0.4) is 0 Å². The highest BCUT2D eigenvalue weighted by Gasteiger charge is 2.36. The molecule has 0 unspecified atom stereocenters. The molecule has 0 amide bonds. The standard InChI is InChI=1S/C19H26N4O3S/c20-19(10-2-3-11-19)18-21-17(26-22-18)14-15-6-8-16(9-7-15)27(24,25)23-12-4-1-5-13-23/h6-9H,1-5,10-14,20H2. The van der Waals surface area contributed by atoms with Crippen molar-refractivity contribution in [2.45, 2.75) is 61.8 Å². The molecule has 1 aromatic carbocycles. The number of aromatic nitrogens is 2. The Balaban J connectivity index is 1.46. The van der Waals surface area contributed by atoms with Gasteiger partial charge >= 0.3 is 0 Å². The van der Waals surface area contributed by atoms with Crippen LogP contribution in [-0.2, 0) is 22.0 Å². The van der Waals surface area contributed by atoms with Gasteiger partial charge in [-0.3, -0.25) is 0 Å². The zero-order valence-corrected chi connectivity index (χ0v) is 16.2. The van der Waals surface area contributed by atoms with Gasteiger partial charge in [0.05, 0.1) is 16.9 Å². The van der Waals surface area contributed by atoms with Crippen molar-refractivity contribution in [1.29, 1.82) is 0 Å². The molecule has 0 bridgehead atoms. The number of nitrogens with two attached hydrogens (primary N) is 1. The van der Waals surface area contributed by atoms with Crippen LogP contribution in [0.25, 0.3) is 0 Å². The van der Waals surface area contributed by atoms with Crippen LogP contribution in [0.4, 0.5) is 0 Å². The summed E-state index contributed by atoms with van der Waals surface area (Å²) in [6, 6.07) is 6.96. The Morgan fingerprint density at radius 1 is 1.04 bits per heavy atom. The summed E-state index contributed by atoms with van der Waals surface area (Å²) in [6.07, 6.45) is 7.37. The van der Waals surface area contributed by atoms with Gasteiger partial charge in [0, 0.05) is 13.1 Å². The predicted molar refractivity (Wildman–Crippen MR) is 100 cm³/mol. The van der Waals surface area contributed by atoms with Crippen LogP contribution in [0.15, 0.2) is 33.7 Å². The molecule has 27 heavy (non-hydrogen) atoms. The van der Waals surface area contributed by atoms with Crippen molar-refractivity contribution < 1.29 is 12.9 Å². The maximum atomic E-state index is 12.7. The molecule has 0 spiro atoms. The Labute approximate surface area is 160 Å². The van der Waals surface area contributed by atoms with E-state index in [1.807, 2.05) is 12.1 Å². The fourth-order valence-electron chi connectivity index (χ4n) is 3.97. The number of nitrogens with zero attached hydrogens (tertiary/aromatic N) is 3. The quantitative estimate of drug-likeness (QED) is 0.842. The van der Waals surface area contributed by atoms with Gasteiger partial charge in [-0.05, 0) is 43.4 Å². The van der Waals surface area contributed by atoms with E-state index in [0.29, 0.717) is 36.1 Å². The molecule has 1 saturated carbocycles. The summed E-state index contributed by atoms with van der Waals surface area (Å²) in [5.74, 6) is 1.09. The van der Waals surface area contributed by atoms with Gasteiger partial charge in [0.1, 0.15) is 0 Å². The average Bonchev–Trinajstić information content (AvgIpc) is 3.33. The van der Waals surface area contributed by atoms with Gasteiger partial charge in [-0.1, -0.05) is 36.6 Å². The first-order valence-corrected chi connectivity index (χ1v) is 11.1. The number of benzene rings is 1. The molecule has 7 nitrogen and oxygen atoms in total. The molecule has 146 valence electrons. The van der Waals surface area contributed by atoms with Gasteiger partial charge in [0.2, 0.25) is 15.9 Å². The van der Waals surface area contributed by atoms with Crippen molar-refractivity contribution >= 4 is 10.0 Å². The first-order valence-electron chi connectivity index (χ1n) is 9.68. The molecule has 0 radical (unpaired) electrons. The third kappa shape index (κ3) is 3.79. The summed E-state index contributed by atoms with van der Waals surface area (Å²) < 4.78 is 32.4. The van der Waals surface area contributed by atoms with Crippen LogP contribution >= 0.6 is 0 Å². The molecule has 2 fully saturated rings. The largest absolute Gasteiger partial charge is 0.339 e. The molecule has 1 aliphatic heterocycles. The van der Waals surface area contributed by atoms with Crippen molar-refractivity contribution in [2.75, 3.05) is 13.1 Å². The number of sulfonamides is 1. The van der Waals surface area contributed by atoms with E-state index >= 15 is 0 Å². The molecular weight excluding hydrogens is 364 g/mol. The van der Waals surface area contributed by atoms with E-state index in [1.54, 1.807) is 16.4 Å². The second-order valence-electron chi connectivity index (χ2n) is 7.66.